The molecular formula is C23H19N2O4+. The van der Waals surface area contributed by atoms with Crippen LogP contribution >= 0.6 is 0 Å². The van der Waals surface area contributed by atoms with Gasteiger partial charge in [0, 0.05) is 10.8 Å². The molecule has 2 aromatic heterocycles. The van der Waals surface area contributed by atoms with Crippen LogP contribution in [0.2, 0.25) is 0 Å². The highest BCUT2D eigenvalue weighted by Gasteiger charge is 2.20. The van der Waals surface area contributed by atoms with Crippen molar-refractivity contribution in [3.63, 3.8) is 0 Å². The number of hydrogen-bond donors (Lipinski definition) is 0. The normalized spacial score (nSPS) is 10.8. The number of methoxy groups -OCH3 is 2. The van der Waals surface area contributed by atoms with Crippen LogP contribution in [0, 0.1) is 5.82 Å². The Morgan fingerprint density at radius 2 is 1.59 bits per heavy atom. The van der Waals surface area contributed by atoms with Crippen molar-refractivity contribution in [3.8, 4) is 0 Å². The molecule has 0 bridgehead atoms. The number of ether oxygens (including phenoxy) is 2. The second kappa shape index (κ2) is 7.24. The van der Waals surface area contributed by atoms with Gasteiger partial charge >= 0.3 is 11.9 Å². The summed E-state index contributed by atoms with van der Waals surface area (Å²) in [5.41, 5.74) is 2.69. The quantitative estimate of drug-likeness (QED) is 0.398. The maximum atomic E-state index is 12.1. The first-order valence-electron chi connectivity index (χ1n) is 8.95. The van der Waals surface area contributed by atoms with Gasteiger partial charge in [-0.15, -0.1) is 0 Å². The number of benzene rings is 2. The predicted molar refractivity (Wildman–Crippen MR) is 108 cm³/mol. The molecule has 29 heavy (non-hydrogen) atoms. The van der Waals surface area contributed by atoms with Gasteiger partial charge in [-0.3, -0.25) is 0 Å². The van der Waals surface area contributed by atoms with Crippen LogP contribution in [0.5, 0.6) is 0 Å². The van der Waals surface area contributed by atoms with E-state index < -0.39 is 5.97 Å². The third-order valence-electron chi connectivity index (χ3n) is 4.86. The number of carbonyl (C=O) groups excluding carboxylic acids is 2. The number of para-hydroxylation sites is 1. The van der Waals surface area contributed by atoms with Crippen molar-refractivity contribution in [2.24, 2.45) is 0 Å². The second-order valence-electron chi connectivity index (χ2n) is 6.52. The number of esters is 2. The van der Waals surface area contributed by atoms with E-state index in [2.05, 4.69) is 6.58 Å². The minimum absolute atomic E-state index is 0.385. The van der Waals surface area contributed by atoms with Crippen molar-refractivity contribution >= 4 is 33.7 Å². The van der Waals surface area contributed by atoms with Crippen LogP contribution < -0.4 is 4.57 Å². The SMILES string of the molecule is C=C(n1ccc2cc(C(=O)OC)ccc21)[n+]1cc(C(=O)OC)cc2ccccc21. The molecule has 4 rings (SSSR count). The second-order valence-corrected chi connectivity index (χ2v) is 6.52. The van der Waals surface area contributed by atoms with Crippen molar-refractivity contribution in [2.75, 3.05) is 14.2 Å². The number of nitrogens with zero attached hydrogens (tertiary/aromatic N) is 2. The molecule has 0 aliphatic rings. The lowest BCUT2D eigenvalue weighted by atomic mass is 10.1. The average molecular weight is 387 g/mol. The molecule has 0 saturated heterocycles. The Hall–Kier alpha value is -3.93. The summed E-state index contributed by atoms with van der Waals surface area (Å²) in [5.74, 6) is -0.171. The van der Waals surface area contributed by atoms with E-state index in [0.29, 0.717) is 16.9 Å². The molecule has 0 aliphatic carbocycles. The molecule has 0 aliphatic heterocycles. The standard InChI is InChI=1S/C23H19N2O4/c1-15(24-11-10-17-12-18(22(26)28-2)8-9-21(17)24)25-14-19(23(27)29-3)13-16-6-4-5-7-20(16)25/h4-14H,1H2,2-3H3/q+1. The van der Waals surface area contributed by atoms with Crippen LogP contribution in [0.25, 0.3) is 21.8 Å². The maximum Gasteiger partial charge on any atom is 0.341 e. The van der Waals surface area contributed by atoms with Crippen molar-refractivity contribution in [1.82, 2.24) is 4.57 Å². The third kappa shape index (κ3) is 3.14. The lowest BCUT2D eigenvalue weighted by Gasteiger charge is -2.09. The smallest absolute Gasteiger partial charge is 0.341 e. The predicted octanol–water partition coefficient (Wildman–Crippen LogP) is 3.45. The Morgan fingerprint density at radius 3 is 2.34 bits per heavy atom. The molecule has 0 fully saturated rings. The number of rotatable bonds is 4. The molecular weight excluding hydrogens is 368 g/mol. The van der Waals surface area contributed by atoms with Crippen molar-refractivity contribution in [1.29, 1.82) is 0 Å². The monoisotopic (exact) mass is 387 g/mol. The fraction of sp³-hybridized carbons (Fsp3) is 0.0870. The molecule has 0 saturated carbocycles. The first-order chi connectivity index (χ1) is 14.0. The molecule has 144 valence electrons. The van der Waals surface area contributed by atoms with Gasteiger partial charge in [0.2, 0.25) is 0 Å². The Bertz CT molecular complexity index is 1290. The number of carbonyl (C=O) groups is 2. The van der Waals surface area contributed by atoms with Gasteiger partial charge in [0.25, 0.3) is 5.82 Å². The summed E-state index contributed by atoms with van der Waals surface area (Å²) >= 11 is 0. The van der Waals surface area contributed by atoms with Crippen LogP contribution in [0.15, 0.2) is 73.6 Å². The van der Waals surface area contributed by atoms with E-state index in [1.165, 1.54) is 14.2 Å². The zero-order valence-electron chi connectivity index (χ0n) is 16.1. The van der Waals surface area contributed by atoms with E-state index in [-0.39, 0.29) is 5.97 Å². The van der Waals surface area contributed by atoms with Gasteiger partial charge in [0.1, 0.15) is 17.2 Å². The molecule has 2 heterocycles. The Morgan fingerprint density at radius 1 is 0.897 bits per heavy atom. The summed E-state index contributed by atoms with van der Waals surface area (Å²) < 4.78 is 13.4. The van der Waals surface area contributed by atoms with E-state index >= 15 is 0 Å². The highest BCUT2D eigenvalue weighted by Crippen LogP contribution is 2.20. The van der Waals surface area contributed by atoms with Gasteiger partial charge < -0.3 is 9.47 Å². The summed E-state index contributed by atoms with van der Waals surface area (Å²) in [7, 11) is 2.71. The van der Waals surface area contributed by atoms with Crippen molar-refractivity contribution < 1.29 is 23.6 Å². The van der Waals surface area contributed by atoms with Gasteiger partial charge in [-0.05, 0) is 43.0 Å². The van der Waals surface area contributed by atoms with Crippen LogP contribution in [0.3, 0.4) is 0 Å². The number of fused-ring (bicyclic) bond motifs is 2. The van der Waals surface area contributed by atoms with E-state index in [1.807, 2.05) is 51.7 Å². The van der Waals surface area contributed by atoms with Crippen LogP contribution in [-0.4, -0.2) is 30.7 Å². The first kappa shape index (κ1) is 18.4. The number of hydrogen-bond acceptors (Lipinski definition) is 4. The highest BCUT2D eigenvalue weighted by atomic mass is 16.5. The molecule has 0 atom stereocenters. The van der Waals surface area contributed by atoms with Gasteiger partial charge in [0.05, 0.1) is 31.5 Å². The fourth-order valence-electron chi connectivity index (χ4n) is 3.41. The van der Waals surface area contributed by atoms with Gasteiger partial charge in [-0.1, -0.05) is 18.2 Å². The highest BCUT2D eigenvalue weighted by molar-refractivity contribution is 5.95. The molecule has 0 spiro atoms. The lowest BCUT2D eigenvalue weighted by Crippen LogP contribution is -2.39. The Labute approximate surface area is 167 Å². The first-order valence-corrected chi connectivity index (χ1v) is 8.95. The van der Waals surface area contributed by atoms with Crippen LogP contribution in [-0.2, 0) is 9.47 Å². The van der Waals surface area contributed by atoms with E-state index in [4.69, 9.17) is 9.47 Å². The van der Waals surface area contributed by atoms with Gasteiger partial charge in [-0.25, -0.2) is 9.59 Å². The number of pyridine rings is 1. The van der Waals surface area contributed by atoms with Gasteiger partial charge in [0.15, 0.2) is 0 Å². The van der Waals surface area contributed by atoms with E-state index in [1.54, 1.807) is 24.4 Å². The summed E-state index contributed by atoms with van der Waals surface area (Å²) in [6.07, 6.45) is 3.59. The fourth-order valence-corrected chi connectivity index (χ4v) is 3.41. The zero-order chi connectivity index (χ0) is 20.5. The summed E-state index contributed by atoms with van der Waals surface area (Å²) in [4.78, 5) is 23.9. The molecule has 6 nitrogen and oxygen atoms in total. The largest absolute Gasteiger partial charge is 0.465 e. The molecule has 0 amide bonds. The van der Waals surface area contributed by atoms with E-state index in [0.717, 1.165) is 21.8 Å². The number of aromatic nitrogens is 2. The molecule has 2 aromatic carbocycles. The molecule has 0 radical (unpaired) electrons. The van der Waals surface area contributed by atoms with Crippen LogP contribution in [0.4, 0.5) is 0 Å². The minimum atomic E-state index is -0.419. The summed E-state index contributed by atoms with van der Waals surface area (Å²) in [6, 6.07) is 16.8. The summed E-state index contributed by atoms with van der Waals surface area (Å²) in [6.45, 7) is 4.25. The topological polar surface area (TPSA) is 61.4 Å². The maximum absolute atomic E-state index is 12.1. The summed E-state index contributed by atoms with van der Waals surface area (Å²) in [5, 5.41) is 1.77. The van der Waals surface area contributed by atoms with Crippen molar-refractivity contribution in [3.05, 3.63) is 90.5 Å². The molecule has 4 aromatic rings. The van der Waals surface area contributed by atoms with Crippen molar-refractivity contribution in [2.45, 2.75) is 0 Å². The van der Waals surface area contributed by atoms with Crippen LogP contribution in [0.1, 0.15) is 20.7 Å². The zero-order valence-corrected chi connectivity index (χ0v) is 16.1. The molecule has 6 heteroatoms. The third-order valence-corrected chi connectivity index (χ3v) is 4.86. The Balaban J connectivity index is 1.87. The van der Waals surface area contributed by atoms with Gasteiger partial charge in [-0.2, -0.15) is 9.13 Å². The van der Waals surface area contributed by atoms with E-state index in [9.17, 15) is 9.59 Å². The minimum Gasteiger partial charge on any atom is -0.465 e. The Kier molecular flexibility index (Phi) is 4.60. The molecule has 0 unspecified atom stereocenters. The lowest BCUT2D eigenvalue weighted by molar-refractivity contribution is -0.619. The molecule has 0 N–H and O–H groups in total. The average Bonchev–Trinajstić information content (AvgIpc) is 3.19.